The van der Waals surface area contributed by atoms with Gasteiger partial charge in [0.1, 0.15) is 23.5 Å². The summed E-state index contributed by atoms with van der Waals surface area (Å²) in [5, 5.41) is 10.9. The normalized spacial score (nSPS) is 14.1. The van der Waals surface area contributed by atoms with E-state index in [1.54, 1.807) is 4.68 Å². The van der Waals surface area contributed by atoms with Gasteiger partial charge in [-0.25, -0.2) is 15.0 Å². The molecule has 3 aromatic heterocycles. The van der Waals surface area contributed by atoms with E-state index in [0.717, 1.165) is 41.4 Å². The van der Waals surface area contributed by atoms with Crippen LogP contribution in [0.15, 0.2) is 42.7 Å². The lowest BCUT2D eigenvalue weighted by Gasteiger charge is -2.28. The number of anilines is 4. The number of morpholine rings is 1. The predicted molar refractivity (Wildman–Crippen MR) is 145 cm³/mol. The summed E-state index contributed by atoms with van der Waals surface area (Å²) in [6.45, 7) is 11.2. The maximum absolute atomic E-state index is 13.1. The van der Waals surface area contributed by atoms with Crippen LogP contribution >= 0.6 is 0 Å². The SMILES string of the molecule is Cc1ccc(C(=O)Nc2cc(C(C)(C)C)nn2C)cc1Nc1ncnc2ccc(N3CCOCC3)nc12. The fourth-order valence-electron chi connectivity index (χ4n) is 4.15. The third kappa shape index (κ3) is 5.24. The number of aromatic nitrogens is 5. The summed E-state index contributed by atoms with van der Waals surface area (Å²) < 4.78 is 7.16. The van der Waals surface area contributed by atoms with Crippen LogP contribution in [-0.4, -0.2) is 56.9 Å². The van der Waals surface area contributed by atoms with Crippen molar-refractivity contribution in [2.24, 2.45) is 7.05 Å². The molecule has 192 valence electrons. The number of amides is 1. The molecular formula is C27H32N8O2. The monoisotopic (exact) mass is 500 g/mol. The van der Waals surface area contributed by atoms with Crippen molar-refractivity contribution < 1.29 is 9.53 Å². The molecule has 0 atom stereocenters. The van der Waals surface area contributed by atoms with Gasteiger partial charge in [0.15, 0.2) is 5.82 Å². The molecule has 0 unspecified atom stereocenters. The van der Waals surface area contributed by atoms with E-state index in [1.807, 2.05) is 50.4 Å². The van der Waals surface area contributed by atoms with E-state index in [9.17, 15) is 4.79 Å². The molecule has 1 amide bonds. The number of nitrogens with zero attached hydrogens (tertiary/aromatic N) is 6. The summed E-state index contributed by atoms with van der Waals surface area (Å²) in [6.07, 6.45) is 1.52. The van der Waals surface area contributed by atoms with E-state index < -0.39 is 0 Å². The predicted octanol–water partition coefficient (Wildman–Crippen LogP) is 4.20. The van der Waals surface area contributed by atoms with Crippen LogP contribution in [0.25, 0.3) is 11.0 Å². The van der Waals surface area contributed by atoms with Crippen LogP contribution in [0.5, 0.6) is 0 Å². The van der Waals surface area contributed by atoms with Gasteiger partial charge >= 0.3 is 0 Å². The van der Waals surface area contributed by atoms with Gasteiger partial charge in [0.05, 0.1) is 24.4 Å². The van der Waals surface area contributed by atoms with Crippen LogP contribution < -0.4 is 15.5 Å². The van der Waals surface area contributed by atoms with Crippen LogP contribution in [-0.2, 0) is 17.2 Å². The molecule has 5 rings (SSSR count). The lowest BCUT2D eigenvalue weighted by Crippen LogP contribution is -2.36. The average molecular weight is 501 g/mol. The summed E-state index contributed by atoms with van der Waals surface area (Å²) in [6, 6.07) is 11.4. The molecule has 1 saturated heterocycles. The van der Waals surface area contributed by atoms with E-state index >= 15 is 0 Å². The molecule has 0 aliphatic carbocycles. The van der Waals surface area contributed by atoms with Gasteiger partial charge in [-0.05, 0) is 36.8 Å². The molecular weight excluding hydrogens is 468 g/mol. The quantitative estimate of drug-likeness (QED) is 0.420. The summed E-state index contributed by atoms with van der Waals surface area (Å²) in [5.41, 5.74) is 4.48. The Hall–Kier alpha value is -4.05. The van der Waals surface area contributed by atoms with E-state index in [-0.39, 0.29) is 11.3 Å². The minimum Gasteiger partial charge on any atom is -0.378 e. The van der Waals surface area contributed by atoms with Gasteiger partial charge < -0.3 is 20.3 Å². The second-order valence-corrected chi connectivity index (χ2v) is 10.3. The van der Waals surface area contributed by atoms with E-state index in [1.165, 1.54) is 6.33 Å². The summed E-state index contributed by atoms with van der Waals surface area (Å²) in [4.78, 5) is 29.0. The Balaban J connectivity index is 1.41. The smallest absolute Gasteiger partial charge is 0.256 e. The zero-order valence-corrected chi connectivity index (χ0v) is 21.9. The third-order valence-electron chi connectivity index (χ3n) is 6.44. The Bertz CT molecular complexity index is 1450. The molecule has 0 radical (unpaired) electrons. The molecule has 10 heteroatoms. The average Bonchev–Trinajstić information content (AvgIpc) is 3.26. The van der Waals surface area contributed by atoms with Crippen LogP contribution in [0.3, 0.4) is 0 Å². The Morgan fingerprint density at radius 1 is 1.05 bits per heavy atom. The van der Waals surface area contributed by atoms with Crippen molar-refractivity contribution in [2.45, 2.75) is 33.1 Å². The molecule has 37 heavy (non-hydrogen) atoms. The minimum atomic E-state index is -0.216. The maximum atomic E-state index is 13.1. The summed E-state index contributed by atoms with van der Waals surface area (Å²) in [5.74, 6) is 1.88. The standard InChI is InChI=1S/C27H32N8O2/c1-17-6-7-18(26(36)32-23-15-21(27(2,3)4)33-34(23)5)14-20(17)30-25-24-19(28-16-29-25)8-9-22(31-24)35-10-12-37-13-11-35/h6-9,14-16H,10-13H2,1-5H3,(H,32,36)(H,28,29,30). The number of nitrogens with one attached hydrogen (secondary N) is 2. The summed E-state index contributed by atoms with van der Waals surface area (Å²) in [7, 11) is 1.82. The third-order valence-corrected chi connectivity index (χ3v) is 6.44. The second kappa shape index (κ2) is 9.78. The number of ether oxygens (including phenoxy) is 1. The Kier molecular flexibility index (Phi) is 6.51. The lowest BCUT2D eigenvalue weighted by atomic mass is 9.92. The largest absolute Gasteiger partial charge is 0.378 e. The van der Waals surface area contributed by atoms with Crippen molar-refractivity contribution >= 4 is 40.1 Å². The van der Waals surface area contributed by atoms with Crippen molar-refractivity contribution in [3.05, 3.63) is 59.5 Å². The van der Waals surface area contributed by atoms with E-state index in [2.05, 4.69) is 51.4 Å². The molecule has 1 aliphatic rings. The van der Waals surface area contributed by atoms with Crippen molar-refractivity contribution in [1.82, 2.24) is 24.7 Å². The molecule has 0 spiro atoms. The Morgan fingerprint density at radius 3 is 2.57 bits per heavy atom. The molecule has 0 bridgehead atoms. The first-order valence-electron chi connectivity index (χ1n) is 12.4. The van der Waals surface area contributed by atoms with E-state index in [0.29, 0.717) is 35.9 Å². The zero-order chi connectivity index (χ0) is 26.2. The summed E-state index contributed by atoms with van der Waals surface area (Å²) >= 11 is 0. The first-order valence-corrected chi connectivity index (χ1v) is 12.4. The van der Waals surface area contributed by atoms with Crippen molar-refractivity contribution in [1.29, 1.82) is 0 Å². The number of aryl methyl sites for hydroxylation is 2. The van der Waals surface area contributed by atoms with Crippen molar-refractivity contribution in [3.8, 4) is 0 Å². The van der Waals surface area contributed by atoms with Gasteiger partial charge in [0.2, 0.25) is 0 Å². The molecule has 1 aliphatic heterocycles. The molecule has 10 nitrogen and oxygen atoms in total. The number of pyridine rings is 1. The molecule has 1 fully saturated rings. The maximum Gasteiger partial charge on any atom is 0.256 e. The van der Waals surface area contributed by atoms with Crippen LogP contribution in [0, 0.1) is 6.92 Å². The van der Waals surface area contributed by atoms with Crippen LogP contribution in [0.4, 0.5) is 23.1 Å². The number of carbonyl (C=O) groups excluding carboxylic acids is 1. The van der Waals surface area contributed by atoms with Gasteiger partial charge in [0, 0.05) is 42.9 Å². The Labute approximate surface area is 216 Å². The first-order chi connectivity index (χ1) is 17.7. The highest BCUT2D eigenvalue weighted by Crippen LogP contribution is 2.28. The fraction of sp³-hybridized carbons (Fsp3) is 0.370. The van der Waals surface area contributed by atoms with Gasteiger partial charge in [0.25, 0.3) is 5.91 Å². The first kappa shape index (κ1) is 24.6. The van der Waals surface area contributed by atoms with Crippen LogP contribution in [0.2, 0.25) is 0 Å². The van der Waals surface area contributed by atoms with Crippen LogP contribution in [0.1, 0.15) is 42.4 Å². The minimum absolute atomic E-state index is 0.113. The molecule has 4 heterocycles. The molecule has 0 saturated carbocycles. The highest BCUT2D eigenvalue weighted by molar-refractivity contribution is 6.04. The number of rotatable bonds is 5. The van der Waals surface area contributed by atoms with Gasteiger partial charge in [-0.3, -0.25) is 9.48 Å². The van der Waals surface area contributed by atoms with Gasteiger partial charge in [-0.15, -0.1) is 0 Å². The second-order valence-electron chi connectivity index (χ2n) is 10.3. The highest BCUT2D eigenvalue weighted by Gasteiger charge is 2.20. The topological polar surface area (TPSA) is 110 Å². The molecule has 2 N–H and O–H groups in total. The van der Waals surface area contributed by atoms with Gasteiger partial charge in [-0.2, -0.15) is 5.10 Å². The lowest BCUT2D eigenvalue weighted by molar-refractivity contribution is 0.102. The Morgan fingerprint density at radius 2 is 1.84 bits per heavy atom. The highest BCUT2D eigenvalue weighted by atomic mass is 16.5. The molecule has 1 aromatic carbocycles. The van der Waals surface area contributed by atoms with Gasteiger partial charge in [-0.1, -0.05) is 26.8 Å². The number of benzene rings is 1. The molecule has 4 aromatic rings. The number of fused-ring (bicyclic) bond motifs is 1. The van der Waals surface area contributed by atoms with Crippen molar-refractivity contribution in [3.63, 3.8) is 0 Å². The number of hydrogen-bond acceptors (Lipinski definition) is 8. The fourth-order valence-corrected chi connectivity index (χ4v) is 4.15. The van der Waals surface area contributed by atoms with Crippen molar-refractivity contribution in [2.75, 3.05) is 41.8 Å². The zero-order valence-electron chi connectivity index (χ0n) is 21.9. The number of carbonyl (C=O) groups is 1. The number of hydrogen-bond donors (Lipinski definition) is 2. The van der Waals surface area contributed by atoms with E-state index in [4.69, 9.17) is 9.72 Å².